The molecule has 0 aliphatic heterocycles. The van der Waals surface area contributed by atoms with Crippen molar-refractivity contribution in [3.8, 4) is 11.5 Å². The lowest BCUT2D eigenvalue weighted by molar-refractivity contribution is 0.344. The number of benzene rings is 1. The van der Waals surface area contributed by atoms with Crippen LogP contribution in [-0.2, 0) is 6.54 Å². The Bertz CT molecular complexity index is 399. The highest BCUT2D eigenvalue weighted by atomic mass is 32.2. The molecule has 0 unspecified atom stereocenters. The van der Waals surface area contributed by atoms with Gasteiger partial charge in [0.2, 0.25) is 0 Å². The van der Waals surface area contributed by atoms with Gasteiger partial charge < -0.3 is 15.2 Å². The van der Waals surface area contributed by atoms with E-state index in [9.17, 15) is 5.11 Å². The Labute approximate surface area is 113 Å². The molecule has 0 amide bonds. The molecule has 1 aromatic carbocycles. The first-order valence-electron chi connectivity index (χ1n) is 6.31. The van der Waals surface area contributed by atoms with Gasteiger partial charge in [0.1, 0.15) is 11.5 Å². The molecule has 0 atom stereocenters. The first-order chi connectivity index (χ1) is 8.69. The third kappa shape index (κ3) is 2.93. The largest absolute Gasteiger partial charge is 0.507 e. The molecule has 0 heterocycles. The molecule has 100 valence electrons. The fraction of sp³-hybridized carbons (Fsp3) is 0.571. The van der Waals surface area contributed by atoms with Crippen molar-refractivity contribution in [1.82, 2.24) is 5.32 Å². The summed E-state index contributed by atoms with van der Waals surface area (Å²) in [6.45, 7) is 1.72. The van der Waals surface area contributed by atoms with Crippen LogP contribution in [0, 0.1) is 0 Å². The summed E-state index contributed by atoms with van der Waals surface area (Å²) in [5.74, 6) is 0.990. The van der Waals surface area contributed by atoms with Gasteiger partial charge in [-0.15, -0.1) is 0 Å². The Kier molecular flexibility index (Phi) is 4.40. The number of nitrogens with one attached hydrogen (secondary N) is 1. The van der Waals surface area contributed by atoms with E-state index in [1.54, 1.807) is 13.2 Å². The van der Waals surface area contributed by atoms with E-state index in [4.69, 9.17) is 4.74 Å². The normalized spacial score (nSPS) is 17.2. The molecule has 18 heavy (non-hydrogen) atoms. The highest BCUT2D eigenvalue weighted by Gasteiger charge is 2.35. The van der Waals surface area contributed by atoms with E-state index in [1.165, 1.54) is 19.3 Å². The summed E-state index contributed by atoms with van der Waals surface area (Å²) in [5.41, 5.74) is 0.923. The van der Waals surface area contributed by atoms with Crippen molar-refractivity contribution in [2.45, 2.75) is 30.6 Å². The minimum absolute atomic E-state index is 0.300. The van der Waals surface area contributed by atoms with Crippen molar-refractivity contribution in [2.75, 3.05) is 19.9 Å². The van der Waals surface area contributed by atoms with E-state index in [0.717, 1.165) is 12.1 Å². The molecule has 0 radical (unpaired) electrons. The van der Waals surface area contributed by atoms with Crippen molar-refractivity contribution in [1.29, 1.82) is 0 Å². The Hall–Kier alpha value is -0.870. The van der Waals surface area contributed by atoms with Gasteiger partial charge in [-0.05, 0) is 25.2 Å². The van der Waals surface area contributed by atoms with Crippen LogP contribution in [0.2, 0.25) is 0 Å². The summed E-state index contributed by atoms with van der Waals surface area (Å²) in [7, 11) is 1.60. The van der Waals surface area contributed by atoms with Crippen LogP contribution in [0.4, 0.5) is 0 Å². The molecule has 1 aliphatic rings. The van der Waals surface area contributed by atoms with Crippen molar-refractivity contribution in [3.63, 3.8) is 0 Å². The van der Waals surface area contributed by atoms with Gasteiger partial charge in [0.25, 0.3) is 0 Å². The van der Waals surface area contributed by atoms with E-state index < -0.39 is 0 Å². The zero-order chi connectivity index (χ0) is 13.0. The number of phenolic OH excluding ortho intramolecular Hbond substituents is 1. The lowest BCUT2D eigenvalue weighted by Crippen LogP contribution is -2.43. The predicted molar refractivity (Wildman–Crippen MR) is 76.5 cm³/mol. The molecule has 0 aromatic heterocycles. The highest BCUT2D eigenvalue weighted by molar-refractivity contribution is 8.00. The summed E-state index contributed by atoms with van der Waals surface area (Å²) in [4.78, 5) is 0. The zero-order valence-electron chi connectivity index (χ0n) is 11.0. The second-order valence-electron chi connectivity index (χ2n) is 4.84. The predicted octanol–water partition coefficient (Wildman–Crippen LogP) is 2.78. The zero-order valence-corrected chi connectivity index (χ0v) is 11.8. The molecule has 1 aliphatic carbocycles. The number of aromatic hydroxyl groups is 1. The van der Waals surface area contributed by atoms with Crippen molar-refractivity contribution in [3.05, 3.63) is 23.8 Å². The third-order valence-electron chi connectivity index (χ3n) is 3.75. The lowest BCUT2D eigenvalue weighted by Gasteiger charge is -2.40. The molecule has 1 fully saturated rings. The van der Waals surface area contributed by atoms with Gasteiger partial charge in [0.15, 0.2) is 0 Å². The molecule has 2 N–H and O–H groups in total. The molecular formula is C14H21NO2S. The summed E-state index contributed by atoms with van der Waals surface area (Å²) >= 11 is 1.96. The molecule has 3 nitrogen and oxygen atoms in total. The van der Waals surface area contributed by atoms with Crippen LogP contribution in [0.15, 0.2) is 18.2 Å². The molecule has 0 bridgehead atoms. The molecule has 0 spiro atoms. The third-order valence-corrected chi connectivity index (χ3v) is 5.17. The number of hydrogen-bond acceptors (Lipinski definition) is 4. The number of phenols is 1. The number of hydrogen-bond donors (Lipinski definition) is 2. The quantitative estimate of drug-likeness (QED) is 0.831. The maximum absolute atomic E-state index is 9.86. The van der Waals surface area contributed by atoms with Crippen LogP contribution in [0.5, 0.6) is 11.5 Å². The molecule has 4 heteroatoms. The Morgan fingerprint density at radius 1 is 1.44 bits per heavy atom. The van der Waals surface area contributed by atoms with Crippen LogP contribution in [-0.4, -0.2) is 29.8 Å². The Morgan fingerprint density at radius 2 is 2.22 bits per heavy atom. The van der Waals surface area contributed by atoms with E-state index in [0.29, 0.717) is 22.8 Å². The van der Waals surface area contributed by atoms with Crippen LogP contribution >= 0.6 is 11.8 Å². The molecular weight excluding hydrogens is 246 g/mol. The van der Waals surface area contributed by atoms with Crippen molar-refractivity contribution < 1.29 is 9.84 Å². The van der Waals surface area contributed by atoms with Gasteiger partial charge in [-0.1, -0.05) is 12.5 Å². The van der Waals surface area contributed by atoms with E-state index in [2.05, 4.69) is 11.6 Å². The summed E-state index contributed by atoms with van der Waals surface area (Å²) in [5, 5.41) is 13.3. The molecule has 0 saturated heterocycles. The van der Waals surface area contributed by atoms with Crippen molar-refractivity contribution >= 4 is 11.8 Å². The summed E-state index contributed by atoms with van der Waals surface area (Å²) in [6.07, 6.45) is 6.13. The molecule has 1 saturated carbocycles. The maximum atomic E-state index is 9.86. The minimum atomic E-state index is 0.300. The highest BCUT2D eigenvalue weighted by Crippen LogP contribution is 2.42. The average Bonchev–Trinajstić information content (AvgIpc) is 2.34. The Morgan fingerprint density at radius 3 is 2.72 bits per heavy atom. The minimum Gasteiger partial charge on any atom is -0.507 e. The van der Waals surface area contributed by atoms with Gasteiger partial charge in [-0.2, -0.15) is 11.8 Å². The second-order valence-corrected chi connectivity index (χ2v) is 6.11. The second kappa shape index (κ2) is 5.85. The summed E-state index contributed by atoms with van der Waals surface area (Å²) in [6, 6.07) is 5.45. The van der Waals surface area contributed by atoms with Crippen LogP contribution in [0.1, 0.15) is 24.8 Å². The van der Waals surface area contributed by atoms with Gasteiger partial charge in [-0.3, -0.25) is 0 Å². The standard InChI is InChI=1S/C14H21NO2S/c1-17-12-5-4-11(13(16)8-12)9-15-10-14(18-2)6-3-7-14/h4-5,8,15-16H,3,6-7,9-10H2,1-2H3. The van der Waals surface area contributed by atoms with Crippen molar-refractivity contribution in [2.24, 2.45) is 0 Å². The van der Waals surface area contributed by atoms with Crippen LogP contribution in [0.3, 0.4) is 0 Å². The van der Waals surface area contributed by atoms with E-state index in [1.807, 2.05) is 23.9 Å². The number of thioether (sulfide) groups is 1. The fourth-order valence-corrected chi connectivity index (χ4v) is 3.21. The lowest BCUT2D eigenvalue weighted by atomic mass is 9.84. The monoisotopic (exact) mass is 267 g/mol. The number of methoxy groups -OCH3 is 1. The topological polar surface area (TPSA) is 41.5 Å². The first-order valence-corrected chi connectivity index (χ1v) is 7.53. The number of ether oxygens (including phenoxy) is 1. The first kappa shape index (κ1) is 13.6. The SMILES string of the molecule is COc1ccc(CNCC2(SC)CCC2)c(O)c1. The van der Waals surface area contributed by atoms with Gasteiger partial charge in [-0.25, -0.2) is 0 Å². The summed E-state index contributed by atoms with van der Waals surface area (Å²) < 4.78 is 5.50. The van der Waals surface area contributed by atoms with Gasteiger partial charge in [0, 0.05) is 29.5 Å². The Balaban J connectivity index is 1.86. The van der Waals surface area contributed by atoms with Crippen LogP contribution < -0.4 is 10.1 Å². The molecule has 2 rings (SSSR count). The fourth-order valence-electron chi connectivity index (χ4n) is 2.27. The van der Waals surface area contributed by atoms with Crippen LogP contribution in [0.25, 0.3) is 0 Å². The maximum Gasteiger partial charge on any atom is 0.123 e. The smallest absolute Gasteiger partial charge is 0.123 e. The van der Waals surface area contributed by atoms with E-state index >= 15 is 0 Å². The van der Waals surface area contributed by atoms with Gasteiger partial charge in [0.05, 0.1) is 7.11 Å². The van der Waals surface area contributed by atoms with E-state index in [-0.39, 0.29) is 0 Å². The average molecular weight is 267 g/mol. The number of rotatable bonds is 6. The van der Waals surface area contributed by atoms with Gasteiger partial charge >= 0.3 is 0 Å². The molecule has 1 aromatic rings.